The fourth-order valence-electron chi connectivity index (χ4n) is 6.01. The molecule has 0 atom stereocenters. The molecule has 2 aliphatic rings. The van der Waals surface area contributed by atoms with Crippen LogP contribution in [0.3, 0.4) is 0 Å². The van der Waals surface area contributed by atoms with Gasteiger partial charge in [0.1, 0.15) is 5.75 Å². The molecule has 0 heterocycles. The molecule has 2 aromatic carbocycles. The maximum atomic E-state index is 13.8. The molecular formula is C32H41NO4. The highest BCUT2D eigenvalue weighted by atomic mass is 16.5. The number of ether oxygens (including phenoxy) is 2. The Morgan fingerprint density at radius 3 is 2.38 bits per heavy atom. The summed E-state index contributed by atoms with van der Waals surface area (Å²) >= 11 is 0. The zero-order valence-electron chi connectivity index (χ0n) is 22.6. The highest BCUT2D eigenvalue weighted by Crippen LogP contribution is 2.38. The number of nitrogens with zero attached hydrogens (tertiary/aromatic N) is 1. The molecule has 2 aliphatic carbocycles. The fraction of sp³-hybridized carbons (Fsp3) is 0.500. The Hall–Kier alpha value is -3.08. The Labute approximate surface area is 221 Å². The van der Waals surface area contributed by atoms with Crippen molar-refractivity contribution in [1.29, 1.82) is 0 Å². The van der Waals surface area contributed by atoms with Gasteiger partial charge in [0.2, 0.25) is 5.91 Å². The second kappa shape index (κ2) is 12.9. The zero-order valence-corrected chi connectivity index (χ0v) is 22.6. The number of anilines is 1. The van der Waals surface area contributed by atoms with Crippen molar-refractivity contribution in [1.82, 2.24) is 0 Å². The zero-order chi connectivity index (χ0) is 26.2. The van der Waals surface area contributed by atoms with Gasteiger partial charge in [-0.3, -0.25) is 4.79 Å². The van der Waals surface area contributed by atoms with Gasteiger partial charge in [-0.1, -0.05) is 43.5 Å². The topological polar surface area (TPSA) is 55.8 Å². The average molecular weight is 504 g/mol. The summed E-state index contributed by atoms with van der Waals surface area (Å²) in [6.07, 6.45) is 13.2. The minimum atomic E-state index is -0.385. The van der Waals surface area contributed by atoms with Crippen LogP contribution in [0.25, 0.3) is 6.08 Å². The highest BCUT2D eigenvalue weighted by Gasteiger charge is 2.31. The third-order valence-electron chi connectivity index (χ3n) is 8.19. The molecule has 5 nitrogen and oxygen atoms in total. The summed E-state index contributed by atoms with van der Waals surface area (Å²) in [5, 5.41) is 0. The summed E-state index contributed by atoms with van der Waals surface area (Å²) in [6.45, 7) is 2.87. The maximum absolute atomic E-state index is 13.8. The van der Waals surface area contributed by atoms with Crippen molar-refractivity contribution in [2.45, 2.75) is 70.6 Å². The predicted octanol–water partition coefficient (Wildman–Crippen LogP) is 7.08. The minimum Gasteiger partial charge on any atom is -0.496 e. The molecule has 0 N–H and O–H groups in total. The first-order valence-corrected chi connectivity index (χ1v) is 13.8. The Bertz CT molecular complexity index is 1090. The fourth-order valence-corrected chi connectivity index (χ4v) is 6.01. The number of amides is 1. The van der Waals surface area contributed by atoms with Crippen LogP contribution in [0.2, 0.25) is 0 Å². The molecule has 0 unspecified atom stereocenters. The lowest BCUT2D eigenvalue weighted by Crippen LogP contribution is -2.41. The molecule has 5 heteroatoms. The summed E-state index contributed by atoms with van der Waals surface area (Å²) in [5.41, 5.74) is 4.41. The monoisotopic (exact) mass is 503 g/mol. The molecule has 1 amide bonds. The first-order valence-electron chi connectivity index (χ1n) is 13.8. The van der Waals surface area contributed by atoms with E-state index >= 15 is 0 Å². The highest BCUT2D eigenvalue weighted by molar-refractivity contribution is 5.95. The molecule has 2 saturated carbocycles. The van der Waals surface area contributed by atoms with E-state index in [1.807, 2.05) is 29.2 Å². The smallest absolute Gasteiger partial charge is 0.330 e. The molecule has 2 aromatic rings. The number of hydrogen-bond acceptors (Lipinski definition) is 4. The molecule has 0 aliphatic heterocycles. The second-order valence-electron chi connectivity index (χ2n) is 10.7. The van der Waals surface area contributed by atoms with Crippen LogP contribution in [-0.4, -0.2) is 32.6 Å². The van der Waals surface area contributed by atoms with Gasteiger partial charge in [-0.15, -0.1) is 0 Å². The molecular weight excluding hydrogens is 462 g/mol. The van der Waals surface area contributed by atoms with Crippen LogP contribution in [0.1, 0.15) is 80.4 Å². The number of esters is 1. The minimum absolute atomic E-state index is 0.113. The average Bonchev–Trinajstić information content (AvgIpc) is 2.95. The number of benzene rings is 2. The van der Waals surface area contributed by atoms with Crippen molar-refractivity contribution in [3.63, 3.8) is 0 Å². The number of aryl methyl sites for hydroxylation is 1. The summed E-state index contributed by atoms with van der Waals surface area (Å²) < 4.78 is 10.2. The van der Waals surface area contributed by atoms with E-state index in [1.54, 1.807) is 13.2 Å². The molecule has 0 radical (unpaired) electrons. The maximum Gasteiger partial charge on any atom is 0.330 e. The van der Waals surface area contributed by atoms with Gasteiger partial charge in [-0.2, -0.15) is 0 Å². The van der Waals surface area contributed by atoms with Gasteiger partial charge in [0, 0.05) is 24.2 Å². The van der Waals surface area contributed by atoms with E-state index in [4.69, 9.17) is 9.47 Å². The van der Waals surface area contributed by atoms with Gasteiger partial charge in [-0.25, -0.2) is 4.79 Å². The van der Waals surface area contributed by atoms with E-state index < -0.39 is 0 Å². The van der Waals surface area contributed by atoms with Crippen molar-refractivity contribution in [2.75, 3.05) is 25.7 Å². The van der Waals surface area contributed by atoms with E-state index in [0.717, 1.165) is 74.9 Å². The van der Waals surface area contributed by atoms with Crippen LogP contribution in [0.5, 0.6) is 5.75 Å². The Balaban J connectivity index is 1.48. The molecule has 37 heavy (non-hydrogen) atoms. The predicted molar refractivity (Wildman–Crippen MR) is 149 cm³/mol. The summed E-state index contributed by atoms with van der Waals surface area (Å²) in [5.74, 6) is 1.98. The number of methoxy groups -OCH3 is 2. The molecule has 0 bridgehead atoms. The van der Waals surface area contributed by atoms with Gasteiger partial charge < -0.3 is 14.4 Å². The van der Waals surface area contributed by atoms with Crippen LogP contribution < -0.4 is 9.64 Å². The standard InChI is InChI=1S/C32H41NO4/c1-23-20-28(17-18-30(23)36-2)26-15-12-25(13-16-26)22-33(32(35)27-9-5-4-6-10-27)29-11-7-8-24(21-29)14-19-31(34)37-3/h7-8,11,14,17-21,25-27H,4-6,9-10,12-13,15-16,22H2,1-3H3/b19-14+/t25-,26+. The van der Waals surface area contributed by atoms with Crippen molar-refractivity contribution >= 4 is 23.6 Å². The molecule has 0 spiro atoms. The van der Waals surface area contributed by atoms with Crippen molar-refractivity contribution < 1.29 is 19.1 Å². The lowest BCUT2D eigenvalue weighted by Gasteiger charge is -2.35. The molecule has 0 saturated heterocycles. The molecule has 0 aromatic heterocycles. The van der Waals surface area contributed by atoms with Gasteiger partial charge in [-0.05, 0) is 98.2 Å². The van der Waals surface area contributed by atoms with Crippen molar-refractivity contribution in [3.8, 4) is 5.75 Å². The van der Waals surface area contributed by atoms with Gasteiger partial charge >= 0.3 is 5.97 Å². The SMILES string of the molecule is COC(=O)/C=C/c1cccc(N(C[C@H]2CC[C@@H](c3ccc(OC)c(C)c3)CC2)C(=O)C2CCCCC2)c1. The van der Waals surface area contributed by atoms with Crippen LogP contribution in [-0.2, 0) is 14.3 Å². The Morgan fingerprint density at radius 2 is 1.70 bits per heavy atom. The Kier molecular flexibility index (Phi) is 9.43. The molecule has 198 valence electrons. The van der Waals surface area contributed by atoms with Crippen LogP contribution in [0.15, 0.2) is 48.5 Å². The van der Waals surface area contributed by atoms with Crippen LogP contribution in [0, 0.1) is 18.8 Å². The second-order valence-corrected chi connectivity index (χ2v) is 10.7. The quantitative estimate of drug-likeness (QED) is 0.285. The number of hydrogen-bond donors (Lipinski definition) is 0. The van der Waals surface area contributed by atoms with Crippen molar-refractivity contribution in [3.05, 3.63) is 65.2 Å². The lowest BCUT2D eigenvalue weighted by molar-refractivity contribution is -0.134. The normalized spacial score (nSPS) is 20.5. The first kappa shape index (κ1) is 27.0. The van der Waals surface area contributed by atoms with E-state index in [0.29, 0.717) is 11.8 Å². The van der Waals surface area contributed by atoms with E-state index in [2.05, 4.69) is 25.1 Å². The largest absolute Gasteiger partial charge is 0.496 e. The van der Waals surface area contributed by atoms with E-state index in [1.165, 1.54) is 30.7 Å². The van der Waals surface area contributed by atoms with Crippen LogP contribution >= 0.6 is 0 Å². The third-order valence-corrected chi connectivity index (χ3v) is 8.19. The number of carbonyl (C=O) groups is 2. The van der Waals surface area contributed by atoms with E-state index in [9.17, 15) is 9.59 Å². The lowest BCUT2D eigenvalue weighted by atomic mass is 9.78. The van der Waals surface area contributed by atoms with Gasteiger partial charge in [0.15, 0.2) is 0 Å². The third kappa shape index (κ3) is 7.03. The number of carbonyl (C=O) groups excluding carboxylic acids is 2. The van der Waals surface area contributed by atoms with Crippen LogP contribution in [0.4, 0.5) is 5.69 Å². The summed E-state index contributed by atoms with van der Waals surface area (Å²) in [4.78, 5) is 27.4. The summed E-state index contributed by atoms with van der Waals surface area (Å²) in [7, 11) is 3.09. The molecule has 4 rings (SSSR count). The first-order chi connectivity index (χ1) is 18.0. The van der Waals surface area contributed by atoms with E-state index in [-0.39, 0.29) is 17.8 Å². The number of rotatable bonds is 8. The Morgan fingerprint density at radius 1 is 0.946 bits per heavy atom. The summed E-state index contributed by atoms with van der Waals surface area (Å²) in [6, 6.07) is 14.5. The van der Waals surface area contributed by atoms with Gasteiger partial charge in [0.05, 0.1) is 14.2 Å². The molecule has 2 fully saturated rings. The van der Waals surface area contributed by atoms with Crippen molar-refractivity contribution in [2.24, 2.45) is 11.8 Å². The van der Waals surface area contributed by atoms with Gasteiger partial charge in [0.25, 0.3) is 0 Å².